The number of aromatic nitrogens is 1. The quantitative estimate of drug-likeness (QED) is 0.447. The second kappa shape index (κ2) is 8.77. The topological polar surface area (TPSA) is 64.4 Å². The molecule has 4 aromatic rings. The lowest BCUT2D eigenvalue weighted by atomic mass is 10.1. The van der Waals surface area contributed by atoms with Crippen molar-refractivity contribution < 1.29 is 18.3 Å². The van der Waals surface area contributed by atoms with Crippen molar-refractivity contribution in [1.29, 1.82) is 0 Å². The lowest BCUT2D eigenvalue weighted by molar-refractivity contribution is 0.0954. The van der Waals surface area contributed by atoms with E-state index in [0.29, 0.717) is 34.7 Å². The largest absolute Gasteiger partial charge is 0.444 e. The van der Waals surface area contributed by atoms with Gasteiger partial charge in [0.05, 0.1) is 17.2 Å². The van der Waals surface area contributed by atoms with Gasteiger partial charge in [-0.15, -0.1) is 11.3 Å². The molecule has 0 bridgehead atoms. The van der Waals surface area contributed by atoms with Gasteiger partial charge in [0.1, 0.15) is 12.1 Å². The van der Waals surface area contributed by atoms with E-state index in [9.17, 15) is 9.18 Å². The van der Waals surface area contributed by atoms with Crippen LogP contribution in [0.2, 0.25) is 0 Å². The van der Waals surface area contributed by atoms with E-state index in [-0.39, 0.29) is 18.3 Å². The van der Waals surface area contributed by atoms with Crippen molar-refractivity contribution in [2.45, 2.75) is 20.0 Å². The van der Waals surface area contributed by atoms with Crippen LogP contribution >= 0.6 is 11.3 Å². The molecule has 0 atom stereocenters. The van der Waals surface area contributed by atoms with Gasteiger partial charge in [-0.25, -0.2) is 9.37 Å². The van der Waals surface area contributed by atoms with Crippen molar-refractivity contribution in [3.05, 3.63) is 76.2 Å². The molecular formula is C23H21FN2O3S. The van der Waals surface area contributed by atoms with Gasteiger partial charge in [0, 0.05) is 41.3 Å². The van der Waals surface area contributed by atoms with Crippen LogP contribution in [-0.4, -0.2) is 24.5 Å². The molecule has 30 heavy (non-hydrogen) atoms. The van der Waals surface area contributed by atoms with Gasteiger partial charge in [0.15, 0.2) is 0 Å². The maximum atomic E-state index is 14.3. The first kappa shape index (κ1) is 20.3. The van der Waals surface area contributed by atoms with Crippen molar-refractivity contribution in [3.8, 4) is 11.5 Å². The molecule has 0 fully saturated rings. The zero-order valence-corrected chi connectivity index (χ0v) is 17.5. The molecule has 4 rings (SSSR count). The zero-order chi connectivity index (χ0) is 21.1. The number of thiophene rings is 1. The predicted octanol–water partition coefficient (Wildman–Crippen LogP) is 5.12. The molecule has 154 valence electrons. The summed E-state index contributed by atoms with van der Waals surface area (Å²) in [5.41, 5.74) is 3.41. The summed E-state index contributed by atoms with van der Waals surface area (Å²) in [5, 5.41) is 3.35. The highest BCUT2D eigenvalue weighted by Crippen LogP contribution is 2.33. The van der Waals surface area contributed by atoms with Crippen molar-refractivity contribution in [2.75, 3.05) is 13.7 Å². The number of benzene rings is 2. The molecule has 0 saturated heterocycles. The lowest BCUT2D eigenvalue weighted by Gasteiger charge is -2.05. The number of nitrogens with one attached hydrogen (secondary N) is 1. The van der Waals surface area contributed by atoms with Crippen LogP contribution in [0.15, 0.2) is 53.1 Å². The standard InChI is InChI=1S/C23H21FN2O3S/c1-14-6-8-15(9-7-14)23-26-16(12-29-23)10-11-25-22(27)21-17(13-28-2)20-18(24)4-3-5-19(20)30-21/h3-9,12H,10-11,13H2,1-2H3,(H,25,27). The number of carbonyl (C=O) groups is 1. The Labute approximate surface area is 177 Å². The van der Waals surface area contributed by atoms with Gasteiger partial charge in [-0.1, -0.05) is 23.8 Å². The van der Waals surface area contributed by atoms with Gasteiger partial charge >= 0.3 is 0 Å². The Morgan fingerprint density at radius 3 is 2.80 bits per heavy atom. The third kappa shape index (κ3) is 4.13. The molecular weight excluding hydrogens is 403 g/mol. The number of fused-ring (bicyclic) bond motifs is 1. The third-order valence-electron chi connectivity index (χ3n) is 4.78. The molecule has 1 amide bonds. The maximum absolute atomic E-state index is 14.3. The van der Waals surface area contributed by atoms with E-state index in [0.717, 1.165) is 16.0 Å². The van der Waals surface area contributed by atoms with Crippen LogP contribution in [0, 0.1) is 12.7 Å². The normalized spacial score (nSPS) is 11.2. The predicted molar refractivity (Wildman–Crippen MR) is 115 cm³/mol. The molecule has 0 saturated carbocycles. The van der Waals surface area contributed by atoms with Gasteiger partial charge < -0.3 is 14.5 Å². The molecule has 0 radical (unpaired) electrons. The molecule has 7 heteroatoms. The summed E-state index contributed by atoms with van der Waals surface area (Å²) in [4.78, 5) is 17.7. The Morgan fingerprint density at radius 1 is 1.23 bits per heavy atom. The Hall–Kier alpha value is -3.03. The number of ether oxygens (including phenoxy) is 1. The van der Waals surface area contributed by atoms with E-state index in [1.165, 1.54) is 30.1 Å². The number of aryl methyl sites for hydroxylation is 1. The number of halogens is 1. The minimum Gasteiger partial charge on any atom is -0.444 e. The molecule has 0 spiro atoms. The van der Waals surface area contributed by atoms with Crippen LogP contribution in [0.5, 0.6) is 0 Å². The third-order valence-corrected chi connectivity index (χ3v) is 5.97. The number of hydrogen-bond acceptors (Lipinski definition) is 5. The number of amides is 1. The smallest absolute Gasteiger partial charge is 0.261 e. The lowest BCUT2D eigenvalue weighted by Crippen LogP contribution is -2.25. The summed E-state index contributed by atoms with van der Waals surface area (Å²) in [7, 11) is 1.53. The summed E-state index contributed by atoms with van der Waals surface area (Å²) >= 11 is 1.27. The van der Waals surface area contributed by atoms with Crippen molar-refractivity contribution >= 4 is 27.3 Å². The van der Waals surface area contributed by atoms with E-state index in [1.807, 2.05) is 31.2 Å². The average Bonchev–Trinajstić information content (AvgIpc) is 3.35. The molecule has 2 aromatic heterocycles. The first-order valence-electron chi connectivity index (χ1n) is 9.55. The van der Waals surface area contributed by atoms with Crippen LogP contribution in [0.4, 0.5) is 4.39 Å². The van der Waals surface area contributed by atoms with Crippen LogP contribution in [-0.2, 0) is 17.8 Å². The molecule has 0 aliphatic rings. The van der Waals surface area contributed by atoms with Gasteiger partial charge in [-0.3, -0.25) is 4.79 Å². The Kier molecular flexibility index (Phi) is 5.92. The van der Waals surface area contributed by atoms with E-state index in [2.05, 4.69) is 10.3 Å². The number of methoxy groups -OCH3 is 1. The summed E-state index contributed by atoms with van der Waals surface area (Å²) in [6.07, 6.45) is 2.13. The van der Waals surface area contributed by atoms with Crippen LogP contribution < -0.4 is 5.32 Å². The summed E-state index contributed by atoms with van der Waals surface area (Å²) < 4.78 is 25.8. The molecule has 2 aromatic carbocycles. The summed E-state index contributed by atoms with van der Waals surface area (Å²) in [5.74, 6) is -0.0373. The van der Waals surface area contributed by atoms with Gasteiger partial charge in [-0.05, 0) is 31.2 Å². The highest BCUT2D eigenvalue weighted by Gasteiger charge is 2.20. The Bertz CT molecular complexity index is 1180. The van der Waals surface area contributed by atoms with Crippen LogP contribution in [0.1, 0.15) is 26.5 Å². The van der Waals surface area contributed by atoms with Crippen LogP contribution in [0.3, 0.4) is 0 Å². The van der Waals surface area contributed by atoms with E-state index in [1.54, 1.807) is 18.4 Å². The molecule has 0 aliphatic carbocycles. The fourth-order valence-electron chi connectivity index (χ4n) is 3.27. The number of oxazole rings is 1. The molecule has 1 N–H and O–H groups in total. The maximum Gasteiger partial charge on any atom is 0.261 e. The summed E-state index contributed by atoms with van der Waals surface area (Å²) in [6, 6.07) is 12.8. The first-order chi connectivity index (χ1) is 14.6. The minimum absolute atomic E-state index is 0.173. The van der Waals surface area contributed by atoms with E-state index >= 15 is 0 Å². The summed E-state index contributed by atoms with van der Waals surface area (Å²) in [6.45, 7) is 2.59. The number of hydrogen-bond donors (Lipinski definition) is 1. The monoisotopic (exact) mass is 424 g/mol. The average molecular weight is 424 g/mol. The van der Waals surface area contributed by atoms with Crippen molar-refractivity contribution in [3.63, 3.8) is 0 Å². The Morgan fingerprint density at radius 2 is 2.03 bits per heavy atom. The fourth-order valence-corrected chi connectivity index (χ4v) is 4.41. The van der Waals surface area contributed by atoms with Gasteiger partial charge in [-0.2, -0.15) is 0 Å². The van der Waals surface area contributed by atoms with Crippen LogP contribution in [0.25, 0.3) is 21.5 Å². The second-order valence-corrected chi connectivity index (χ2v) is 8.02. The first-order valence-corrected chi connectivity index (χ1v) is 10.4. The van der Waals surface area contributed by atoms with Crippen molar-refractivity contribution in [1.82, 2.24) is 10.3 Å². The number of carbonyl (C=O) groups excluding carboxylic acids is 1. The van der Waals surface area contributed by atoms with Gasteiger partial charge in [0.2, 0.25) is 5.89 Å². The highest BCUT2D eigenvalue weighted by atomic mass is 32.1. The second-order valence-electron chi connectivity index (χ2n) is 6.97. The molecule has 0 aliphatic heterocycles. The Balaban J connectivity index is 1.44. The van der Waals surface area contributed by atoms with E-state index < -0.39 is 0 Å². The molecule has 2 heterocycles. The fraction of sp³-hybridized carbons (Fsp3) is 0.217. The molecule has 5 nitrogen and oxygen atoms in total. The number of nitrogens with zero attached hydrogens (tertiary/aromatic N) is 1. The zero-order valence-electron chi connectivity index (χ0n) is 16.7. The van der Waals surface area contributed by atoms with E-state index in [4.69, 9.17) is 9.15 Å². The number of rotatable bonds is 7. The minimum atomic E-state index is -0.346. The van der Waals surface area contributed by atoms with Crippen molar-refractivity contribution in [2.24, 2.45) is 0 Å². The highest BCUT2D eigenvalue weighted by molar-refractivity contribution is 7.21. The SMILES string of the molecule is COCc1c(C(=O)NCCc2coc(-c3ccc(C)cc3)n2)sc2cccc(F)c12. The molecule has 0 unspecified atom stereocenters. The van der Waals surface area contributed by atoms with Gasteiger partial charge in [0.25, 0.3) is 5.91 Å².